The summed E-state index contributed by atoms with van der Waals surface area (Å²) in [5.74, 6) is 0.314. The Morgan fingerprint density at radius 2 is 1.79 bits per heavy atom. The molecular weight excluding hydrogens is 506 g/mol. The summed E-state index contributed by atoms with van der Waals surface area (Å²) >= 11 is 1.28. The molecule has 0 bridgehead atoms. The number of anilines is 1. The number of hydrogen-bond donors (Lipinski definition) is 2. The van der Waals surface area contributed by atoms with E-state index in [-0.39, 0.29) is 25.8 Å². The Bertz CT molecular complexity index is 1420. The summed E-state index contributed by atoms with van der Waals surface area (Å²) in [6.45, 7) is 1.83. The van der Waals surface area contributed by atoms with Crippen molar-refractivity contribution in [2.75, 3.05) is 18.2 Å². The van der Waals surface area contributed by atoms with Crippen molar-refractivity contribution in [3.8, 4) is 11.5 Å². The molecule has 1 aliphatic rings. The summed E-state index contributed by atoms with van der Waals surface area (Å²) in [5, 5.41) is 7.33. The fourth-order valence-corrected chi connectivity index (χ4v) is 4.70. The van der Waals surface area contributed by atoms with E-state index in [0.717, 1.165) is 5.56 Å². The molecule has 1 atom stereocenters. The minimum atomic E-state index is -1.04. The van der Waals surface area contributed by atoms with Gasteiger partial charge in [-0.15, -0.1) is 11.3 Å². The highest BCUT2D eigenvalue weighted by Crippen LogP contribution is 2.38. The van der Waals surface area contributed by atoms with Crippen molar-refractivity contribution in [1.82, 2.24) is 10.6 Å². The number of carbonyl (C=O) groups is 3. The molecule has 3 amide bonds. The third-order valence-electron chi connectivity index (χ3n) is 5.96. The molecule has 10 heteroatoms. The van der Waals surface area contributed by atoms with Crippen LogP contribution in [-0.2, 0) is 16.1 Å². The Morgan fingerprint density at radius 1 is 0.974 bits per heavy atom. The summed E-state index contributed by atoms with van der Waals surface area (Å²) in [6.07, 6.45) is 1.53. The van der Waals surface area contributed by atoms with E-state index in [9.17, 15) is 14.4 Å². The highest BCUT2D eigenvalue weighted by Gasteiger charge is 2.34. The monoisotopic (exact) mass is 531 g/mol. The zero-order valence-electron chi connectivity index (χ0n) is 20.5. The number of amides is 3. The average molecular weight is 532 g/mol. The molecule has 9 nitrogen and oxygen atoms in total. The number of aryl methyl sites for hydroxylation is 1. The summed E-state index contributed by atoms with van der Waals surface area (Å²) < 4.78 is 16.3. The molecule has 38 heavy (non-hydrogen) atoms. The van der Waals surface area contributed by atoms with Gasteiger partial charge in [0.25, 0.3) is 5.91 Å². The number of nitrogens with one attached hydrogen (secondary N) is 2. The maximum atomic E-state index is 13.8. The van der Waals surface area contributed by atoms with Gasteiger partial charge < -0.3 is 24.5 Å². The largest absolute Gasteiger partial charge is 0.467 e. The molecule has 2 aromatic carbocycles. The number of hydrogen-bond acceptors (Lipinski definition) is 7. The van der Waals surface area contributed by atoms with Crippen molar-refractivity contribution < 1.29 is 28.3 Å². The first kappa shape index (κ1) is 25.1. The summed E-state index contributed by atoms with van der Waals surface area (Å²) in [5.41, 5.74) is 2.03. The lowest BCUT2D eigenvalue weighted by Crippen LogP contribution is -2.47. The average Bonchev–Trinajstić information content (AvgIpc) is 3.72. The van der Waals surface area contributed by atoms with Crippen LogP contribution in [0, 0.1) is 6.92 Å². The number of rotatable bonds is 9. The molecule has 2 aromatic heterocycles. The van der Waals surface area contributed by atoms with Crippen molar-refractivity contribution in [2.45, 2.75) is 19.5 Å². The Hall–Kier alpha value is -4.57. The molecule has 0 saturated carbocycles. The summed E-state index contributed by atoms with van der Waals surface area (Å²) in [4.78, 5) is 41.9. The van der Waals surface area contributed by atoms with E-state index >= 15 is 0 Å². The van der Waals surface area contributed by atoms with Crippen LogP contribution in [0.3, 0.4) is 0 Å². The van der Waals surface area contributed by atoms with Gasteiger partial charge in [-0.1, -0.05) is 35.9 Å². The third kappa shape index (κ3) is 5.55. The maximum Gasteiger partial charge on any atom is 0.261 e. The van der Waals surface area contributed by atoms with E-state index in [1.807, 2.05) is 31.2 Å². The van der Waals surface area contributed by atoms with Crippen LogP contribution in [0.2, 0.25) is 0 Å². The molecule has 1 aliphatic heterocycles. The van der Waals surface area contributed by atoms with E-state index in [1.165, 1.54) is 22.5 Å². The molecule has 0 unspecified atom stereocenters. The standard InChI is InChI=1S/C28H25N3O6S/c1-18-6-8-19(9-7-18)26(28(34)29-15-21-4-2-12-35-21)31(20-10-11-22-23(14-20)37-17-36-22)25(32)16-30-27(33)24-5-3-13-38-24/h2-14,26H,15-17H2,1H3,(H,29,34)(H,30,33)/t26-/m1/s1. The van der Waals surface area contributed by atoms with Gasteiger partial charge in [-0.25, -0.2) is 0 Å². The maximum absolute atomic E-state index is 13.8. The van der Waals surface area contributed by atoms with Crippen LogP contribution in [0.25, 0.3) is 0 Å². The second kappa shape index (κ2) is 11.2. The van der Waals surface area contributed by atoms with Crippen LogP contribution in [0.4, 0.5) is 5.69 Å². The molecule has 0 saturated heterocycles. The van der Waals surface area contributed by atoms with Gasteiger partial charge in [-0.05, 0) is 48.2 Å². The fourth-order valence-electron chi connectivity index (χ4n) is 4.06. The lowest BCUT2D eigenvalue weighted by Gasteiger charge is -2.31. The zero-order chi connectivity index (χ0) is 26.5. The topological polar surface area (TPSA) is 110 Å². The van der Waals surface area contributed by atoms with Gasteiger partial charge in [0.2, 0.25) is 18.6 Å². The van der Waals surface area contributed by atoms with E-state index < -0.39 is 17.9 Å². The van der Waals surface area contributed by atoms with Crippen LogP contribution in [-0.4, -0.2) is 31.1 Å². The zero-order valence-corrected chi connectivity index (χ0v) is 21.3. The van der Waals surface area contributed by atoms with Gasteiger partial charge in [0.1, 0.15) is 11.8 Å². The smallest absolute Gasteiger partial charge is 0.261 e. The predicted molar refractivity (Wildman–Crippen MR) is 141 cm³/mol. The minimum Gasteiger partial charge on any atom is -0.467 e. The molecular formula is C28H25N3O6S. The van der Waals surface area contributed by atoms with E-state index in [0.29, 0.717) is 33.4 Å². The minimum absolute atomic E-state index is 0.0641. The molecule has 3 heterocycles. The molecule has 0 spiro atoms. The van der Waals surface area contributed by atoms with Gasteiger partial charge in [0, 0.05) is 11.8 Å². The van der Waals surface area contributed by atoms with E-state index in [4.69, 9.17) is 13.9 Å². The van der Waals surface area contributed by atoms with Crippen LogP contribution >= 0.6 is 11.3 Å². The molecule has 0 radical (unpaired) electrons. The van der Waals surface area contributed by atoms with Crippen LogP contribution in [0.5, 0.6) is 11.5 Å². The summed E-state index contributed by atoms with van der Waals surface area (Å²) in [6, 6.07) is 18.3. The quantitative estimate of drug-likeness (QED) is 0.335. The Labute approximate surface area is 223 Å². The van der Waals surface area contributed by atoms with Crippen LogP contribution < -0.4 is 25.0 Å². The molecule has 5 rings (SSSR count). The van der Waals surface area contributed by atoms with Gasteiger partial charge in [-0.2, -0.15) is 0 Å². The first-order valence-electron chi connectivity index (χ1n) is 11.9. The molecule has 0 fully saturated rings. The number of ether oxygens (including phenoxy) is 2. The van der Waals surface area contributed by atoms with Gasteiger partial charge in [0.15, 0.2) is 11.5 Å². The lowest BCUT2D eigenvalue weighted by molar-refractivity contribution is -0.126. The second-order valence-corrected chi connectivity index (χ2v) is 9.52. The summed E-state index contributed by atoms with van der Waals surface area (Å²) in [7, 11) is 0. The van der Waals surface area contributed by atoms with Gasteiger partial charge in [0.05, 0.1) is 24.2 Å². The number of carbonyl (C=O) groups excluding carboxylic acids is 3. The van der Waals surface area contributed by atoms with Crippen molar-refractivity contribution in [2.24, 2.45) is 0 Å². The van der Waals surface area contributed by atoms with Crippen molar-refractivity contribution in [1.29, 1.82) is 0 Å². The van der Waals surface area contributed by atoms with E-state index in [1.54, 1.807) is 47.8 Å². The van der Waals surface area contributed by atoms with E-state index in [2.05, 4.69) is 10.6 Å². The SMILES string of the molecule is Cc1ccc([C@H](C(=O)NCc2ccco2)N(C(=O)CNC(=O)c2cccs2)c2ccc3c(c2)OCO3)cc1. The number of furan rings is 1. The second-order valence-electron chi connectivity index (χ2n) is 8.57. The Balaban J connectivity index is 1.49. The lowest BCUT2D eigenvalue weighted by atomic mass is 10.0. The molecule has 2 N–H and O–H groups in total. The van der Waals surface area contributed by atoms with Crippen molar-refractivity contribution in [3.05, 3.63) is 100 Å². The number of thiophene rings is 1. The normalized spacial score (nSPS) is 12.6. The highest BCUT2D eigenvalue weighted by molar-refractivity contribution is 7.12. The van der Waals surface area contributed by atoms with Gasteiger partial charge in [-0.3, -0.25) is 19.3 Å². The van der Waals surface area contributed by atoms with Crippen molar-refractivity contribution in [3.63, 3.8) is 0 Å². The van der Waals surface area contributed by atoms with Crippen LogP contribution in [0.1, 0.15) is 32.6 Å². The first-order chi connectivity index (χ1) is 18.5. The number of benzene rings is 2. The highest BCUT2D eigenvalue weighted by atomic mass is 32.1. The van der Waals surface area contributed by atoms with Gasteiger partial charge >= 0.3 is 0 Å². The fraction of sp³-hybridized carbons (Fsp3) is 0.179. The van der Waals surface area contributed by atoms with Crippen LogP contribution in [0.15, 0.2) is 82.8 Å². The molecule has 0 aliphatic carbocycles. The Morgan fingerprint density at radius 3 is 2.53 bits per heavy atom. The number of nitrogens with zero attached hydrogens (tertiary/aromatic N) is 1. The molecule has 194 valence electrons. The molecule has 4 aromatic rings. The Kier molecular flexibility index (Phi) is 7.41. The predicted octanol–water partition coefficient (Wildman–Crippen LogP) is 4.20. The first-order valence-corrected chi connectivity index (χ1v) is 12.8. The number of fused-ring (bicyclic) bond motifs is 1. The van der Waals surface area contributed by atoms with Crippen molar-refractivity contribution >= 4 is 34.7 Å². The third-order valence-corrected chi connectivity index (χ3v) is 6.83.